The Morgan fingerprint density at radius 3 is 1.29 bits per heavy atom. The number of hydrogen-bond donors (Lipinski definition) is 2. The number of fused-ring (bicyclic) bond motifs is 6. The van der Waals surface area contributed by atoms with Gasteiger partial charge < -0.3 is 29.1 Å². The smallest absolute Gasteiger partial charge is 0.390 e. The first kappa shape index (κ1) is 44.8. The van der Waals surface area contributed by atoms with Crippen molar-refractivity contribution in [1.29, 1.82) is 0 Å². The van der Waals surface area contributed by atoms with Crippen LogP contribution in [0.25, 0.3) is 12.2 Å². The predicted molar refractivity (Wildman–Crippen MR) is 204 cm³/mol. The predicted octanol–water partition coefficient (Wildman–Crippen LogP) is 3.77. The van der Waals surface area contributed by atoms with E-state index in [0.717, 1.165) is 0 Å². The summed E-state index contributed by atoms with van der Waals surface area (Å²) in [5.74, 6) is -2.38. The van der Waals surface area contributed by atoms with Crippen LogP contribution < -0.4 is 11.1 Å². The molecule has 4 aliphatic rings. The largest absolute Gasteiger partial charge is 0.396 e. The Kier molecular flexibility index (Phi) is 13.6. The molecule has 6 rings (SSSR count). The third-order valence-corrected chi connectivity index (χ3v) is 11.8. The van der Waals surface area contributed by atoms with Crippen LogP contribution in [0.5, 0.6) is 0 Å². The van der Waals surface area contributed by atoms with Crippen LogP contribution in [0.2, 0.25) is 0 Å². The lowest BCUT2D eigenvalue weighted by molar-refractivity contribution is -0.146. The van der Waals surface area contributed by atoms with Gasteiger partial charge in [-0.05, 0) is 38.1 Å². The lowest BCUT2D eigenvalue weighted by Crippen LogP contribution is -2.48. The minimum atomic E-state index is -4.37. The molecular weight excluding hydrogens is 774 g/mol. The molecule has 2 aromatic heterocycles. The number of aliphatic hydroxyl groups excluding tert-OH is 2. The first-order valence-corrected chi connectivity index (χ1v) is 19.2. The van der Waals surface area contributed by atoms with Crippen LogP contribution in [0.1, 0.15) is 61.3 Å². The Labute approximate surface area is 332 Å². The van der Waals surface area contributed by atoms with E-state index >= 15 is 0 Å². The molecule has 18 heteroatoms. The number of halogens is 6. The molecule has 0 saturated carbocycles. The van der Waals surface area contributed by atoms with Crippen molar-refractivity contribution < 1.29 is 46.1 Å². The quantitative estimate of drug-likeness (QED) is 0.347. The molecular formula is C40H52F6N6O6. The lowest BCUT2D eigenvalue weighted by Gasteiger charge is -2.32. The van der Waals surface area contributed by atoms with Crippen molar-refractivity contribution in [3.05, 3.63) is 79.6 Å². The number of amides is 2. The second kappa shape index (κ2) is 17.5. The number of rotatable bonds is 10. The SMILES string of the molecule is C/C=C/c1ccc2n(c1=O)C[C@H]1[C@H](CO)[C@@H](C(=O)N(C)C)N(CCC(F)(F)F)[C@@H]21.C/C=C\c1ccc2n(c1=O)C[C@H]1[C@H](CO)[C@@H](C(=O)N(C)C)N(CCC(F)(F)F)[C@@H]21. The monoisotopic (exact) mass is 826 g/mol. The molecule has 4 aliphatic heterocycles. The number of carbonyl (C=O) groups excluding carboxylic acids is 2. The molecule has 320 valence electrons. The van der Waals surface area contributed by atoms with E-state index in [9.17, 15) is 55.7 Å². The van der Waals surface area contributed by atoms with E-state index in [2.05, 4.69) is 0 Å². The maximum atomic E-state index is 13.0. The minimum absolute atomic E-state index is 0.210. The summed E-state index contributed by atoms with van der Waals surface area (Å²) in [4.78, 5) is 57.0. The summed E-state index contributed by atoms with van der Waals surface area (Å²) in [6.45, 7) is 2.74. The number of likely N-dealkylation sites (N-methyl/N-ethyl adjacent to an activating group) is 2. The number of alkyl halides is 6. The zero-order valence-electron chi connectivity index (χ0n) is 33.4. The van der Waals surface area contributed by atoms with E-state index in [-0.39, 0.29) is 74.2 Å². The summed E-state index contributed by atoms with van der Waals surface area (Å²) >= 11 is 0. The zero-order chi connectivity index (χ0) is 43.0. The lowest BCUT2D eigenvalue weighted by atomic mass is 9.88. The summed E-state index contributed by atoms with van der Waals surface area (Å²) in [5, 5.41) is 20.1. The van der Waals surface area contributed by atoms with Gasteiger partial charge in [-0.2, -0.15) is 26.3 Å². The number of carbonyl (C=O) groups is 2. The van der Waals surface area contributed by atoms with E-state index < -0.39 is 61.2 Å². The highest BCUT2D eigenvalue weighted by Gasteiger charge is 2.57. The molecule has 0 aliphatic carbocycles. The van der Waals surface area contributed by atoms with Gasteiger partial charge in [0.2, 0.25) is 11.8 Å². The fourth-order valence-electron chi connectivity index (χ4n) is 9.38. The van der Waals surface area contributed by atoms with Crippen molar-refractivity contribution in [3.8, 4) is 0 Å². The van der Waals surface area contributed by atoms with Gasteiger partial charge in [0.1, 0.15) is 0 Å². The average Bonchev–Trinajstić information content (AvgIpc) is 3.88. The molecule has 0 spiro atoms. The van der Waals surface area contributed by atoms with Gasteiger partial charge in [-0.15, -0.1) is 0 Å². The second-order valence-corrected chi connectivity index (χ2v) is 15.7. The van der Waals surface area contributed by atoms with Crippen molar-refractivity contribution in [3.63, 3.8) is 0 Å². The number of likely N-dealkylation sites (tertiary alicyclic amines) is 2. The molecule has 0 unspecified atom stereocenters. The number of pyridine rings is 2. The molecule has 2 fully saturated rings. The van der Waals surface area contributed by atoms with Crippen molar-refractivity contribution in [2.75, 3.05) is 54.5 Å². The first-order valence-electron chi connectivity index (χ1n) is 19.2. The Hall–Kier alpha value is -4.26. The van der Waals surface area contributed by atoms with Crippen LogP contribution in [0, 0.1) is 23.7 Å². The van der Waals surface area contributed by atoms with Crippen molar-refractivity contribution >= 4 is 24.0 Å². The zero-order valence-corrected chi connectivity index (χ0v) is 33.4. The number of aliphatic hydroxyl groups is 2. The summed E-state index contributed by atoms with van der Waals surface area (Å²) in [7, 11) is 6.20. The summed E-state index contributed by atoms with van der Waals surface area (Å²) in [5.41, 5.74) is 1.78. The van der Waals surface area contributed by atoms with Gasteiger partial charge in [0.05, 0.1) is 37.0 Å². The molecule has 0 bridgehead atoms. The highest BCUT2D eigenvalue weighted by atomic mass is 19.4. The first-order chi connectivity index (χ1) is 27.2. The summed E-state index contributed by atoms with van der Waals surface area (Å²) in [6.07, 6.45) is -3.99. The summed E-state index contributed by atoms with van der Waals surface area (Å²) in [6, 6.07) is 4.07. The van der Waals surface area contributed by atoms with Gasteiger partial charge in [-0.25, -0.2) is 0 Å². The maximum Gasteiger partial charge on any atom is 0.390 e. The molecule has 0 aromatic carbocycles. The van der Waals surface area contributed by atoms with Crippen LogP contribution in [0.15, 0.2) is 46.0 Å². The molecule has 2 N–H and O–H groups in total. The highest BCUT2D eigenvalue weighted by molar-refractivity contribution is 5.83. The third-order valence-electron chi connectivity index (χ3n) is 11.8. The van der Waals surface area contributed by atoms with E-state index in [1.165, 1.54) is 19.6 Å². The molecule has 6 heterocycles. The molecule has 0 radical (unpaired) electrons. The Morgan fingerprint density at radius 2 is 1.02 bits per heavy atom. The van der Waals surface area contributed by atoms with Gasteiger partial charge >= 0.3 is 12.4 Å². The molecule has 58 heavy (non-hydrogen) atoms. The molecule has 12 nitrogen and oxygen atoms in total. The van der Waals surface area contributed by atoms with Gasteiger partial charge in [0, 0.05) is 114 Å². The van der Waals surface area contributed by atoms with Crippen LogP contribution in [-0.4, -0.2) is 130 Å². The highest BCUT2D eigenvalue weighted by Crippen LogP contribution is 2.51. The van der Waals surface area contributed by atoms with Crippen molar-refractivity contribution in [1.82, 2.24) is 28.7 Å². The Bertz CT molecular complexity index is 1870. The van der Waals surface area contributed by atoms with E-state index in [4.69, 9.17) is 0 Å². The van der Waals surface area contributed by atoms with Gasteiger partial charge in [-0.3, -0.25) is 29.0 Å². The minimum Gasteiger partial charge on any atom is -0.396 e. The van der Waals surface area contributed by atoms with Crippen LogP contribution in [-0.2, 0) is 22.7 Å². The average molecular weight is 827 g/mol. The fraction of sp³-hybridized carbons (Fsp3) is 0.600. The van der Waals surface area contributed by atoms with E-state index in [0.29, 0.717) is 22.5 Å². The van der Waals surface area contributed by atoms with Gasteiger partial charge in [0.25, 0.3) is 11.1 Å². The van der Waals surface area contributed by atoms with Crippen molar-refractivity contribution in [2.24, 2.45) is 23.7 Å². The van der Waals surface area contributed by atoms with E-state index in [1.807, 2.05) is 0 Å². The Balaban J connectivity index is 0.000000221. The fourth-order valence-corrected chi connectivity index (χ4v) is 9.38. The molecule has 2 amide bonds. The number of nitrogens with zero attached hydrogens (tertiary/aromatic N) is 6. The van der Waals surface area contributed by atoms with Crippen LogP contribution >= 0.6 is 0 Å². The van der Waals surface area contributed by atoms with Crippen molar-refractivity contribution in [2.45, 2.75) is 76.3 Å². The molecule has 2 aromatic rings. The van der Waals surface area contributed by atoms with Gasteiger partial charge in [-0.1, -0.05) is 24.3 Å². The second-order valence-electron chi connectivity index (χ2n) is 15.7. The topological polar surface area (TPSA) is 132 Å². The third kappa shape index (κ3) is 8.70. The maximum absolute atomic E-state index is 13.0. The number of hydrogen-bond acceptors (Lipinski definition) is 8. The van der Waals surface area contributed by atoms with Crippen LogP contribution in [0.4, 0.5) is 26.3 Å². The standard InChI is InChI=1S/2C20H26F3N3O3/c2*1-4-5-12-6-7-15-16-13(10-26(15)18(12)28)14(11-27)17(19(29)24(2)3)25(16)9-8-20(21,22)23/h2*4-7,13-14,16-17,27H,8-11H2,1-3H3/b5-4+;5-4-/t2*13-,14-,16+,17-/m00/s1. The summed E-state index contributed by atoms with van der Waals surface area (Å²) < 4.78 is 81.0. The van der Waals surface area contributed by atoms with Gasteiger partial charge in [0.15, 0.2) is 0 Å². The normalized spacial score (nSPS) is 26.7. The Morgan fingerprint density at radius 1 is 0.672 bits per heavy atom. The molecule has 8 atom stereocenters. The van der Waals surface area contributed by atoms with Crippen LogP contribution in [0.3, 0.4) is 0 Å². The molecule has 2 saturated heterocycles. The number of aromatic nitrogens is 2. The van der Waals surface area contributed by atoms with E-state index in [1.54, 1.807) is 99.7 Å². The number of allylic oxidation sites excluding steroid dienone is 2.